The molecule has 0 bridgehead atoms. The number of hydrogen-bond donors (Lipinski definition) is 1. The summed E-state index contributed by atoms with van der Waals surface area (Å²) in [5, 5.41) is 9.15. The fourth-order valence-electron chi connectivity index (χ4n) is 1.45. The maximum Gasteiger partial charge on any atom is 0.413 e. The fraction of sp³-hybridized carbons (Fsp3) is 0.182. The lowest BCUT2D eigenvalue weighted by molar-refractivity contribution is -0.121. The number of nitrogens with zero attached hydrogens (tertiary/aromatic N) is 4. The summed E-state index contributed by atoms with van der Waals surface area (Å²) in [5.41, 5.74) is -0.0617. The number of para-hydroxylation sites is 1. The molecule has 1 N–H and O–H groups in total. The molecule has 1 aromatic carbocycles. The number of rotatable bonds is 3. The topological polar surface area (TPSA) is 108 Å². The summed E-state index contributed by atoms with van der Waals surface area (Å²) in [6, 6.07) is 8.63. The van der Waals surface area contributed by atoms with Crippen molar-refractivity contribution in [2.45, 2.75) is 6.54 Å². The summed E-state index contributed by atoms with van der Waals surface area (Å²) in [6.07, 6.45) is -0.904. The summed E-state index contributed by atoms with van der Waals surface area (Å²) in [6.45, 7) is -0.430. The van der Waals surface area contributed by atoms with Crippen molar-refractivity contribution in [2.24, 2.45) is 0 Å². The molecule has 1 aromatic heterocycles. The van der Waals surface area contributed by atoms with Gasteiger partial charge in [-0.1, -0.05) is 18.2 Å². The number of alkyl carbamates (subject to hydrolysis) is 1. The van der Waals surface area contributed by atoms with Gasteiger partial charge in [-0.25, -0.2) is 9.59 Å². The van der Waals surface area contributed by atoms with Crippen LogP contribution in [-0.2, 0) is 16.1 Å². The molecular formula is C11H11N5O4. The molecule has 104 valence electrons. The average Bonchev–Trinajstić information content (AvgIpc) is 2.81. The molecule has 0 unspecified atom stereocenters. The molecule has 0 saturated carbocycles. The lowest BCUT2D eigenvalue weighted by atomic mass is 10.3. The summed E-state index contributed by atoms with van der Waals surface area (Å²) >= 11 is 0. The van der Waals surface area contributed by atoms with Crippen LogP contribution in [0.25, 0.3) is 5.69 Å². The van der Waals surface area contributed by atoms with Gasteiger partial charge in [0.05, 0.1) is 12.8 Å². The number of carbonyl (C=O) groups excluding carboxylic acids is 2. The molecule has 2 aromatic rings. The Bertz CT molecular complexity index is 676. The number of imide groups is 1. The van der Waals surface area contributed by atoms with Crippen molar-refractivity contribution in [3.63, 3.8) is 0 Å². The smallest absolute Gasteiger partial charge is 0.413 e. The van der Waals surface area contributed by atoms with Crippen molar-refractivity contribution in [1.29, 1.82) is 0 Å². The molecule has 1 heterocycles. The Hall–Kier alpha value is -2.97. The molecule has 0 saturated heterocycles. The SMILES string of the molecule is COC(=O)NC(=O)Cn1nnn(-c2ccccc2)c1=O. The zero-order valence-electron chi connectivity index (χ0n) is 10.5. The molecule has 0 aliphatic carbocycles. The van der Waals surface area contributed by atoms with E-state index in [1.54, 1.807) is 30.3 Å². The van der Waals surface area contributed by atoms with E-state index in [1.807, 2.05) is 5.32 Å². The van der Waals surface area contributed by atoms with E-state index in [2.05, 4.69) is 15.2 Å². The molecule has 2 amide bonds. The van der Waals surface area contributed by atoms with E-state index >= 15 is 0 Å². The number of aromatic nitrogens is 4. The zero-order chi connectivity index (χ0) is 14.5. The summed E-state index contributed by atoms with van der Waals surface area (Å²) in [7, 11) is 1.13. The molecule has 0 aliphatic rings. The van der Waals surface area contributed by atoms with Gasteiger partial charge in [0.25, 0.3) is 5.91 Å². The van der Waals surface area contributed by atoms with Gasteiger partial charge in [0.15, 0.2) is 0 Å². The van der Waals surface area contributed by atoms with Crippen molar-refractivity contribution in [3.05, 3.63) is 40.8 Å². The normalized spacial score (nSPS) is 10.1. The van der Waals surface area contributed by atoms with Gasteiger partial charge in [-0.2, -0.15) is 9.36 Å². The van der Waals surface area contributed by atoms with Gasteiger partial charge in [0.2, 0.25) is 0 Å². The van der Waals surface area contributed by atoms with E-state index < -0.39 is 24.2 Å². The van der Waals surface area contributed by atoms with Crippen LogP contribution in [0.4, 0.5) is 4.79 Å². The third-order valence-corrected chi connectivity index (χ3v) is 2.36. The highest BCUT2D eigenvalue weighted by Crippen LogP contribution is 2.00. The number of amides is 2. The van der Waals surface area contributed by atoms with Crippen molar-refractivity contribution in [1.82, 2.24) is 25.1 Å². The van der Waals surface area contributed by atoms with Gasteiger partial charge in [0, 0.05) is 0 Å². The van der Waals surface area contributed by atoms with Gasteiger partial charge < -0.3 is 4.74 Å². The van der Waals surface area contributed by atoms with E-state index in [1.165, 1.54) is 0 Å². The zero-order valence-corrected chi connectivity index (χ0v) is 10.5. The molecule has 0 spiro atoms. The Morgan fingerprint density at radius 3 is 2.60 bits per heavy atom. The van der Waals surface area contributed by atoms with Gasteiger partial charge >= 0.3 is 11.8 Å². The van der Waals surface area contributed by atoms with Crippen LogP contribution in [0, 0.1) is 0 Å². The monoisotopic (exact) mass is 277 g/mol. The Kier molecular flexibility index (Phi) is 3.89. The molecule has 0 atom stereocenters. The predicted molar refractivity (Wildman–Crippen MR) is 66.2 cm³/mol. The minimum Gasteiger partial charge on any atom is -0.453 e. The van der Waals surface area contributed by atoms with E-state index in [4.69, 9.17) is 0 Å². The number of ether oxygens (including phenoxy) is 1. The lowest BCUT2D eigenvalue weighted by Crippen LogP contribution is -2.36. The third kappa shape index (κ3) is 2.88. The standard InChI is InChI=1S/C11H11N5O4/c1-20-10(18)12-9(17)7-15-11(19)16(14-13-15)8-5-3-2-4-6-8/h2-6H,7H2,1H3,(H,12,17,18). The second-order valence-corrected chi connectivity index (χ2v) is 3.71. The fourth-order valence-corrected chi connectivity index (χ4v) is 1.45. The first-order chi connectivity index (χ1) is 9.61. The highest BCUT2D eigenvalue weighted by atomic mass is 16.5. The number of nitrogens with one attached hydrogen (secondary N) is 1. The first-order valence-electron chi connectivity index (χ1n) is 5.58. The third-order valence-electron chi connectivity index (χ3n) is 2.36. The van der Waals surface area contributed by atoms with Gasteiger partial charge in [-0.15, -0.1) is 0 Å². The van der Waals surface area contributed by atoms with E-state index in [9.17, 15) is 14.4 Å². The second-order valence-electron chi connectivity index (χ2n) is 3.71. The van der Waals surface area contributed by atoms with Crippen LogP contribution in [0.2, 0.25) is 0 Å². The molecule has 2 rings (SSSR count). The maximum atomic E-state index is 12.0. The largest absolute Gasteiger partial charge is 0.453 e. The highest BCUT2D eigenvalue weighted by molar-refractivity contribution is 5.91. The quantitative estimate of drug-likeness (QED) is 0.795. The molecular weight excluding hydrogens is 266 g/mol. The summed E-state index contributed by atoms with van der Waals surface area (Å²) in [5.74, 6) is -0.723. The Morgan fingerprint density at radius 1 is 1.25 bits per heavy atom. The van der Waals surface area contributed by atoms with E-state index in [0.717, 1.165) is 16.5 Å². The van der Waals surface area contributed by atoms with Gasteiger partial charge in [-0.3, -0.25) is 10.1 Å². The molecule has 20 heavy (non-hydrogen) atoms. The van der Waals surface area contributed by atoms with Crippen LogP contribution in [0.15, 0.2) is 35.1 Å². The number of carbonyl (C=O) groups is 2. The van der Waals surface area contributed by atoms with Crippen LogP contribution in [0.3, 0.4) is 0 Å². The van der Waals surface area contributed by atoms with Crippen LogP contribution in [-0.4, -0.2) is 38.9 Å². The Labute approximate surface area is 112 Å². The van der Waals surface area contributed by atoms with E-state index in [0.29, 0.717) is 5.69 Å². The van der Waals surface area contributed by atoms with Gasteiger partial charge in [0.1, 0.15) is 6.54 Å². The summed E-state index contributed by atoms with van der Waals surface area (Å²) < 4.78 is 6.15. The lowest BCUT2D eigenvalue weighted by Gasteiger charge is -2.00. The molecule has 0 fully saturated rings. The Morgan fingerprint density at radius 2 is 1.95 bits per heavy atom. The molecule has 0 aliphatic heterocycles. The van der Waals surface area contributed by atoms with Crippen molar-refractivity contribution >= 4 is 12.0 Å². The van der Waals surface area contributed by atoms with Gasteiger partial charge in [-0.05, 0) is 22.6 Å². The second kappa shape index (κ2) is 5.78. The minimum atomic E-state index is -0.904. The molecule has 9 nitrogen and oxygen atoms in total. The first-order valence-corrected chi connectivity index (χ1v) is 5.58. The number of benzene rings is 1. The van der Waals surface area contributed by atoms with Crippen LogP contribution in [0.5, 0.6) is 0 Å². The predicted octanol–water partition coefficient (Wildman–Crippen LogP) is -0.688. The minimum absolute atomic E-state index is 0.430. The summed E-state index contributed by atoms with van der Waals surface area (Å²) in [4.78, 5) is 34.2. The van der Waals surface area contributed by atoms with Crippen LogP contribution in [0.1, 0.15) is 0 Å². The number of methoxy groups -OCH3 is 1. The van der Waals surface area contributed by atoms with Crippen molar-refractivity contribution < 1.29 is 14.3 Å². The van der Waals surface area contributed by atoms with Crippen molar-refractivity contribution in [2.75, 3.05) is 7.11 Å². The highest BCUT2D eigenvalue weighted by Gasteiger charge is 2.13. The van der Waals surface area contributed by atoms with Crippen LogP contribution >= 0.6 is 0 Å². The molecule has 0 radical (unpaired) electrons. The average molecular weight is 277 g/mol. The first kappa shape index (κ1) is 13.5. The van der Waals surface area contributed by atoms with Crippen molar-refractivity contribution in [3.8, 4) is 5.69 Å². The maximum absolute atomic E-state index is 12.0. The van der Waals surface area contributed by atoms with E-state index in [-0.39, 0.29) is 0 Å². The van der Waals surface area contributed by atoms with Crippen LogP contribution < -0.4 is 11.0 Å². The molecule has 9 heteroatoms. The number of hydrogen-bond acceptors (Lipinski definition) is 6. The Balaban J connectivity index is 2.16. The number of tetrazole rings is 1.